The maximum absolute atomic E-state index is 14.4. The topological polar surface area (TPSA) is 76.2 Å². The lowest BCUT2D eigenvalue weighted by atomic mass is 10.2. The number of hydrogen-bond donors (Lipinski definition) is 1. The van der Waals surface area contributed by atoms with Crippen molar-refractivity contribution in [1.82, 2.24) is 20.2 Å². The maximum atomic E-state index is 14.4. The summed E-state index contributed by atoms with van der Waals surface area (Å²) in [4.78, 5) is 9.78. The summed E-state index contributed by atoms with van der Waals surface area (Å²) in [5.74, 6) is -0.168. The van der Waals surface area contributed by atoms with E-state index < -0.39 is 18.1 Å². The molecule has 0 bridgehead atoms. The molecule has 1 aliphatic carbocycles. The largest absolute Gasteiger partial charge is 0.484 e. The van der Waals surface area contributed by atoms with Gasteiger partial charge < -0.3 is 14.4 Å². The lowest BCUT2D eigenvalue weighted by molar-refractivity contribution is -0.221. The summed E-state index contributed by atoms with van der Waals surface area (Å²) in [6, 6.07) is 5.76. The molecular formula is C20H21F4N5O2. The van der Waals surface area contributed by atoms with E-state index in [2.05, 4.69) is 20.2 Å². The predicted molar refractivity (Wildman–Crippen MR) is 103 cm³/mol. The summed E-state index contributed by atoms with van der Waals surface area (Å²) in [6.45, 7) is 1.73. The van der Waals surface area contributed by atoms with Gasteiger partial charge in [0.2, 0.25) is 0 Å². The lowest BCUT2D eigenvalue weighted by Gasteiger charge is -2.34. The highest BCUT2D eigenvalue weighted by Gasteiger charge is 2.43. The van der Waals surface area contributed by atoms with Gasteiger partial charge in [-0.05, 0) is 38.0 Å². The third-order valence-corrected chi connectivity index (χ3v) is 5.11. The Labute approximate surface area is 175 Å². The SMILES string of the molecule is CC1(Oc2ccc(-c3cc(N4CCOC(C(F)(F)F)C4)ncn3)[nH]nccc2F)CC1. The van der Waals surface area contributed by atoms with E-state index in [1.165, 1.54) is 29.6 Å². The van der Waals surface area contributed by atoms with Crippen molar-refractivity contribution in [3.05, 3.63) is 42.6 Å². The first-order valence-corrected chi connectivity index (χ1v) is 9.75. The van der Waals surface area contributed by atoms with Gasteiger partial charge >= 0.3 is 6.18 Å². The van der Waals surface area contributed by atoms with Crippen LogP contribution >= 0.6 is 0 Å². The zero-order valence-corrected chi connectivity index (χ0v) is 16.7. The van der Waals surface area contributed by atoms with Crippen molar-refractivity contribution in [1.29, 1.82) is 0 Å². The number of H-pyrrole nitrogens is 1. The number of rotatable bonds is 4. The Balaban J connectivity index is 1.64. The van der Waals surface area contributed by atoms with E-state index in [1.807, 2.05) is 6.92 Å². The van der Waals surface area contributed by atoms with E-state index in [0.29, 0.717) is 17.2 Å². The Hall–Kier alpha value is -2.95. The number of alkyl halides is 3. The first kappa shape index (κ1) is 21.3. The number of nitrogens with zero attached hydrogens (tertiary/aromatic N) is 4. The molecule has 3 heterocycles. The van der Waals surface area contributed by atoms with Gasteiger partial charge in [0.15, 0.2) is 17.7 Å². The van der Waals surface area contributed by atoms with E-state index in [9.17, 15) is 17.6 Å². The van der Waals surface area contributed by atoms with Gasteiger partial charge in [0.1, 0.15) is 17.7 Å². The second kappa shape index (κ2) is 8.29. The molecule has 0 spiro atoms. The molecule has 0 aromatic carbocycles. The number of halogens is 4. The molecule has 166 valence electrons. The number of aromatic amines is 1. The van der Waals surface area contributed by atoms with Crippen LogP contribution in [0.2, 0.25) is 0 Å². The van der Waals surface area contributed by atoms with Crippen LogP contribution < -0.4 is 9.64 Å². The fourth-order valence-corrected chi connectivity index (χ4v) is 3.06. The minimum Gasteiger partial charge on any atom is -0.484 e. The van der Waals surface area contributed by atoms with Crippen molar-refractivity contribution < 1.29 is 27.0 Å². The van der Waals surface area contributed by atoms with Gasteiger partial charge in [-0.2, -0.15) is 18.3 Å². The van der Waals surface area contributed by atoms with Gasteiger partial charge in [-0.25, -0.2) is 14.4 Å². The lowest BCUT2D eigenvalue weighted by Crippen LogP contribution is -2.49. The molecule has 1 saturated carbocycles. The van der Waals surface area contributed by atoms with Crippen molar-refractivity contribution in [3.63, 3.8) is 0 Å². The number of anilines is 1. The molecule has 2 fully saturated rings. The molecule has 7 nitrogen and oxygen atoms in total. The molecule has 2 aliphatic rings. The van der Waals surface area contributed by atoms with Gasteiger partial charge in [-0.1, -0.05) is 0 Å². The summed E-state index contributed by atoms with van der Waals surface area (Å²) in [5.41, 5.74) is 0.412. The van der Waals surface area contributed by atoms with E-state index in [-0.39, 0.29) is 31.0 Å². The standard InChI is InChI=1S/C20H21F4N5O2/c1-19(5-6-19)31-16-3-2-14(28-27-7-4-13(16)21)15-10-18(26-12-25-15)29-8-9-30-17(11-29)20(22,23)24/h2-4,7,10,12,17,28H,5-6,8-9,11H2,1H3. The van der Waals surface area contributed by atoms with Crippen LogP contribution in [0, 0.1) is 5.82 Å². The van der Waals surface area contributed by atoms with Crippen LogP contribution in [-0.4, -0.2) is 57.7 Å². The van der Waals surface area contributed by atoms with Crippen molar-refractivity contribution in [2.45, 2.75) is 37.6 Å². The maximum Gasteiger partial charge on any atom is 0.416 e. The Bertz CT molecular complexity index is 992. The Morgan fingerprint density at radius 2 is 2.03 bits per heavy atom. The highest BCUT2D eigenvalue weighted by atomic mass is 19.4. The zero-order valence-electron chi connectivity index (χ0n) is 16.7. The van der Waals surface area contributed by atoms with Crippen LogP contribution in [0.3, 0.4) is 0 Å². The second-order valence-corrected chi connectivity index (χ2v) is 7.68. The molecule has 1 unspecified atom stereocenters. The summed E-state index contributed by atoms with van der Waals surface area (Å²) < 4.78 is 64.1. The average molecular weight is 439 g/mol. The van der Waals surface area contributed by atoms with Crippen LogP contribution in [-0.2, 0) is 4.74 Å². The Morgan fingerprint density at radius 1 is 1.23 bits per heavy atom. The summed E-state index contributed by atoms with van der Waals surface area (Å²) >= 11 is 0. The highest BCUT2D eigenvalue weighted by Crippen LogP contribution is 2.40. The average Bonchev–Trinajstić information content (AvgIpc) is 3.46. The van der Waals surface area contributed by atoms with E-state index >= 15 is 0 Å². The van der Waals surface area contributed by atoms with Crippen molar-refractivity contribution in [2.24, 2.45) is 0 Å². The van der Waals surface area contributed by atoms with E-state index in [1.54, 1.807) is 12.1 Å². The van der Waals surface area contributed by atoms with Crippen LogP contribution in [0.15, 0.2) is 36.8 Å². The molecule has 1 N–H and O–H groups in total. The molecule has 2 aromatic heterocycles. The summed E-state index contributed by atoms with van der Waals surface area (Å²) in [5, 5.41) is 6.71. The van der Waals surface area contributed by atoms with Crippen molar-refractivity contribution in [2.75, 3.05) is 24.6 Å². The molecule has 1 atom stereocenters. The van der Waals surface area contributed by atoms with Crippen molar-refractivity contribution >= 4 is 5.82 Å². The van der Waals surface area contributed by atoms with Crippen LogP contribution in [0.1, 0.15) is 19.8 Å². The summed E-state index contributed by atoms with van der Waals surface area (Å²) in [6.07, 6.45) is -2.15. The normalized spacial score (nSPS) is 20.2. The number of nitrogens with one attached hydrogen (secondary N) is 1. The monoisotopic (exact) mass is 439 g/mol. The van der Waals surface area contributed by atoms with Gasteiger partial charge in [0.25, 0.3) is 0 Å². The molecule has 11 heteroatoms. The second-order valence-electron chi connectivity index (χ2n) is 7.68. The molecule has 1 saturated heterocycles. The first-order chi connectivity index (χ1) is 14.7. The van der Waals surface area contributed by atoms with Crippen molar-refractivity contribution in [3.8, 4) is 17.1 Å². The Morgan fingerprint density at radius 3 is 2.77 bits per heavy atom. The van der Waals surface area contributed by atoms with Crippen LogP contribution in [0.4, 0.5) is 23.4 Å². The highest BCUT2D eigenvalue weighted by molar-refractivity contribution is 5.58. The number of aromatic nitrogens is 4. The molecule has 31 heavy (non-hydrogen) atoms. The smallest absolute Gasteiger partial charge is 0.416 e. The molecule has 0 radical (unpaired) electrons. The van der Waals surface area contributed by atoms with Crippen LogP contribution in [0.5, 0.6) is 5.75 Å². The fourth-order valence-electron chi connectivity index (χ4n) is 3.06. The van der Waals surface area contributed by atoms with Gasteiger partial charge in [0.05, 0.1) is 30.7 Å². The van der Waals surface area contributed by atoms with Gasteiger partial charge in [-0.15, -0.1) is 0 Å². The molecule has 4 rings (SSSR count). The minimum absolute atomic E-state index is 0.0676. The van der Waals surface area contributed by atoms with E-state index in [0.717, 1.165) is 12.8 Å². The van der Waals surface area contributed by atoms with Gasteiger partial charge in [0, 0.05) is 12.6 Å². The predicted octanol–water partition coefficient (Wildman–Crippen LogP) is 3.83. The number of hydrogen-bond acceptors (Lipinski definition) is 6. The molecule has 0 amide bonds. The quantitative estimate of drug-likeness (QED) is 0.730. The molecule has 2 aromatic rings. The first-order valence-electron chi connectivity index (χ1n) is 9.75. The Kier molecular flexibility index (Phi) is 5.69. The number of morpholine rings is 1. The zero-order chi connectivity index (χ0) is 22.1. The van der Waals surface area contributed by atoms with E-state index in [4.69, 9.17) is 9.47 Å². The molecule has 1 aliphatic heterocycles. The fraction of sp³-hybridized carbons (Fsp3) is 0.450. The molecular weight excluding hydrogens is 418 g/mol. The third kappa shape index (κ3) is 5.22. The van der Waals surface area contributed by atoms with Crippen LogP contribution in [0.25, 0.3) is 11.4 Å². The summed E-state index contributed by atoms with van der Waals surface area (Å²) in [7, 11) is 0. The third-order valence-electron chi connectivity index (χ3n) is 5.11. The number of ether oxygens (including phenoxy) is 2. The van der Waals surface area contributed by atoms with Gasteiger partial charge in [-0.3, -0.25) is 5.10 Å². The minimum atomic E-state index is -4.46.